The van der Waals surface area contributed by atoms with Crippen molar-refractivity contribution in [2.24, 2.45) is 0 Å². The molecule has 0 spiro atoms. The van der Waals surface area contributed by atoms with E-state index in [0.717, 1.165) is 44.9 Å². The number of nitriles is 1. The van der Waals surface area contributed by atoms with Crippen molar-refractivity contribution in [3.63, 3.8) is 0 Å². The first-order chi connectivity index (χ1) is 9.72. The maximum atomic E-state index is 8.94. The summed E-state index contributed by atoms with van der Waals surface area (Å²) >= 11 is 0. The number of hydrogen-bond acceptors (Lipinski definition) is 4. The number of rotatable bonds is 5. The van der Waals surface area contributed by atoms with Crippen LogP contribution >= 0.6 is 0 Å². The van der Waals surface area contributed by atoms with Crippen LogP contribution in [0.3, 0.4) is 0 Å². The highest BCUT2D eigenvalue weighted by Gasteiger charge is 2.23. The maximum Gasteiger partial charge on any atom is 0.0991 e. The molecule has 1 aliphatic rings. The summed E-state index contributed by atoms with van der Waals surface area (Å²) in [5, 5.41) is 8.94. The summed E-state index contributed by atoms with van der Waals surface area (Å²) in [5.41, 5.74) is 1.97. The number of methoxy groups -OCH3 is 1. The SMILES string of the molecule is COCCN1CCN(Cc2cccc(C#N)c2)CC1C. The Balaban J connectivity index is 1.88. The van der Waals surface area contributed by atoms with Crippen LogP contribution in [-0.4, -0.2) is 55.7 Å². The topological polar surface area (TPSA) is 39.5 Å². The summed E-state index contributed by atoms with van der Waals surface area (Å²) in [6.07, 6.45) is 0. The molecule has 4 nitrogen and oxygen atoms in total. The molecule has 4 heteroatoms. The highest BCUT2D eigenvalue weighted by Crippen LogP contribution is 2.13. The Labute approximate surface area is 121 Å². The van der Waals surface area contributed by atoms with Crippen LogP contribution in [0.25, 0.3) is 0 Å². The van der Waals surface area contributed by atoms with E-state index in [-0.39, 0.29) is 0 Å². The van der Waals surface area contributed by atoms with Gasteiger partial charge in [-0.25, -0.2) is 0 Å². The van der Waals surface area contributed by atoms with E-state index >= 15 is 0 Å². The van der Waals surface area contributed by atoms with E-state index in [1.165, 1.54) is 5.56 Å². The quantitative estimate of drug-likeness (QED) is 0.819. The molecule has 1 atom stereocenters. The highest BCUT2D eigenvalue weighted by atomic mass is 16.5. The zero-order chi connectivity index (χ0) is 14.4. The molecular weight excluding hydrogens is 250 g/mol. The van der Waals surface area contributed by atoms with E-state index in [1.54, 1.807) is 7.11 Å². The van der Waals surface area contributed by atoms with Crippen molar-refractivity contribution >= 4 is 0 Å². The van der Waals surface area contributed by atoms with Crippen LogP contribution in [0.4, 0.5) is 0 Å². The van der Waals surface area contributed by atoms with Crippen LogP contribution in [0.2, 0.25) is 0 Å². The number of piperazine rings is 1. The summed E-state index contributed by atoms with van der Waals surface area (Å²) in [5.74, 6) is 0. The maximum absolute atomic E-state index is 8.94. The van der Waals surface area contributed by atoms with Crippen molar-refractivity contribution in [2.75, 3.05) is 39.9 Å². The summed E-state index contributed by atoms with van der Waals surface area (Å²) < 4.78 is 5.16. The molecule has 108 valence electrons. The van der Waals surface area contributed by atoms with Crippen LogP contribution in [-0.2, 0) is 11.3 Å². The highest BCUT2D eigenvalue weighted by molar-refractivity contribution is 5.32. The van der Waals surface area contributed by atoms with Crippen LogP contribution < -0.4 is 0 Å². The molecule has 0 aromatic heterocycles. The Kier molecular flexibility index (Phi) is 5.54. The minimum atomic E-state index is 0.554. The standard InChI is InChI=1S/C16H23N3O/c1-14-12-18(6-7-19(14)8-9-20-2)13-16-5-3-4-15(10-16)11-17/h3-5,10,14H,6-9,12-13H2,1-2H3. The molecule has 1 aliphatic heterocycles. The molecule has 20 heavy (non-hydrogen) atoms. The fourth-order valence-electron chi connectivity index (χ4n) is 2.75. The number of ether oxygens (including phenoxy) is 1. The van der Waals surface area contributed by atoms with E-state index in [0.29, 0.717) is 6.04 Å². The van der Waals surface area contributed by atoms with Gasteiger partial charge in [0.15, 0.2) is 0 Å². The lowest BCUT2D eigenvalue weighted by Crippen LogP contribution is -2.52. The number of hydrogen-bond donors (Lipinski definition) is 0. The van der Waals surface area contributed by atoms with Crippen LogP contribution in [0, 0.1) is 11.3 Å². The predicted octanol–water partition coefficient (Wildman–Crippen LogP) is 1.71. The van der Waals surface area contributed by atoms with Gasteiger partial charge in [-0.15, -0.1) is 0 Å². The Bertz CT molecular complexity index is 469. The second-order valence-electron chi connectivity index (χ2n) is 5.43. The molecule has 1 fully saturated rings. The third-order valence-electron chi connectivity index (χ3n) is 3.89. The Hall–Kier alpha value is -1.41. The van der Waals surface area contributed by atoms with Gasteiger partial charge in [0.25, 0.3) is 0 Å². The second kappa shape index (κ2) is 7.39. The largest absolute Gasteiger partial charge is 0.383 e. The molecule has 1 heterocycles. The zero-order valence-corrected chi connectivity index (χ0v) is 12.4. The van der Waals surface area contributed by atoms with Gasteiger partial charge >= 0.3 is 0 Å². The van der Waals surface area contributed by atoms with Crippen LogP contribution in [0.5, 0.6) is 0 Å². The van der Waals surface area contributed by atoms with E-state index in [2.05, 4.69) is 28.9 Å². The van der Waals surface area contributed by atoms with Crippen LogP contribution in [0.1, 0.15) is 18.1 Å². The molecule has 1 saturated heterocycles. The van der Waals surface area contributed by atoms with Crippen molar-refractivity contribution in [1.29, 1.82) is 5.26 Å². The van der Waals surface area contributed by atoms with E-state index in [4.69, 9.17) is 10.00 Å². The summed E-state index contributed by atoms with van der Waals surface area (Å²) in [6, 6.07) is 10.7. The van der Waals surface area contributed by atoms with Gasteiger partial charge in [0.05, 0.1) is 18.2 Å². The minimum absolute atomic E-state index is 0.554. The zero-order valence-electron chi connectivity index (χ0n) is 12.4. The first kappa shape index (κ1) is 15.0. The fraction of sp³-hybridized carbons (Fsp3) is 0.562. The third kappa shape index (κ3) is 4.04. The molecule has 1 aromatic rings. The summed E-state index contributed by atoms with van der Waals surface area (Å²) in [6.45, 7) is 8.24. The van der Waals surface area contributed by atoms with E-state index in [1.807, 2.05) is 18.2 Å². The molecule has 1 aromatic carbocycles. The lowest BCUT2D eigenvalue weighted by molar-refractivity contribution is 0.0557. The molecule has 0 radical (unpaired) electrons. The van der Waals surface area contributed by atoms with Gasteiger partial charge in [-0.05, 0) is 24.6 Å². The van der Waals surface area contributed by atoms with Crippen molar-refractivity contribution in [1.82, 2.24) is 9.80 Å². The van der Waals surface area contributed by atoms with Crippen molar-refractivity contribution in [2.45, 2.75) is 19.5 Å². The third-order valence-corrected chi connectivity index (χ3v) is 3.89. The molecule has 0 saturated carbocycles. The monoisotopic (exact) mass is 273 g/mol. The first-order valence-electron chi connectivity index (χ1n) is 7.17. The lowest BCUT2D eigenvalue weighted by atomic mass is 10.1. The molecular formula is C16H23N3O. The number of benzene rings is 1. The molecule has 1 unspecified atom stereocenters. The Morgan fingerprint density at radius 2 is 2.25 bits per heavy atom. The minimum Gasteiger partial charge on any atom is -0.383 e. The van der Waals surface area contributed by atoms with Gasteiger partial charge in [-0.3, -0.25) is 9.80 Å². The van der Waals surface area contributed by atoms with Gasteiger partial charge in [-0.2, -0.15) is 5.26 Å². The van der Waals surface area contributed by atoms with Gasteiger partial charge in [-0.1, -0.05) is 12.1 Å². The molecule has 0 N–H and O–H groups in total. The average Bonchev–Trinajstić information content (AvgIpc) is 2.47. The lowest BCUT2D eigenvalue weighted by Gasteiger charge is -2.39. The molecule has 0 amide bonds. The van der Waals surface area contributed by atoms with E-state index in [9.17, 15) is 0 Å². The predicted molar refractivity (Wildman–Crippen MR) is 79.3 cm³/mol. The van der Waals surface area contributed by atoms with Gasteiger partial charge in [0.1, 0.15) is 0 Å². The number of nitrogens with zero attached hydrogens (tertiary/aromatic N) is 3. The van der Waals surface area contributed by atoms with Gasteiger partial charge < -0.3 is 4.74 Å². The first-order valence-corrected chi connectivity index (χ1v) is 7.17. The Morgan fingerprint density at radius 1 is 1.40 bits per heavy atom. The smallest absolute Gasteiger partial charge is 0.0991 e. The molecule has 2 rings (SSSR count). The fourth-order valence-corrected chi connectivity index (χ4v) is 2.75. The van der Waals surface area contributed by atoms with E-state index < -0.39 is 0 Å². The normalized spacial score (nSPS) is 20.8. The van der Waals surface area contributed by atoms with Gasteiger partial charge in [0, 0.05) is 45.9 Å². The molecule has 0 aliphatic carbocycles. The average molecular weight is 273 g/mol. The summed E-state index contributed by atoms with van der Waals surface area (Å²) in [4.78, 5) is 4.94. The van der Waals surface area contributed by atoms with Crippen LogP contribution in [0.15, 0.2) is 24.3 Å². The van der Waals surface area contributed by atoms with Gasteiger partial charge in [0.2, 0.25) is 0 Å². The Morgan fingerprint density at radius 3 is 2.95 bits per heavy atom. The van der Waals surface area contributed by atoms with Crippen molar-refractivity contribution in [3.05, 3.63) is 35.4 Å². The molecule has 0 bridgehead atoms. The second-order valence-corrected chi connectivity index (χ2v) is 5.43. The van der Waals surface area contributed by atoms with Crippen molar-refractivity contribution in [3.8, 4) is 6.07 Å². The van der Waals surface area contributed by atoms with Crippen molar-refractivity contribution < 1.29 is 4.74 Å². The summed E-state index contributed by atoms with van der Waals surface area (Å²) in [7, 11) is 1.75.